The van der Waals surface area contributed by atoms with Gasteiger partial charge in [0.2, 0.25) is 5.60 Å². The van der Waals surface area contributed by atoms with Crippen LogP contribution in [0.5, 0.6) is 5.75 Å². The van der Waals surface area contributed by atoms with Gasteiger partial charge >= 0.3 is 11.9 Å². The van der Waals surface area contributed by atoms with Gasteiger partial charge < -0.3 is 18.8 Å². The number of benzene rings is 3. The van der Waals surface area contributed by atoms with Crippen LogP contribution < -0.4 is 15.0 Å². The summed E-state index contributed by atoms with van der Waals surface area (Å²) in [5, 5.41) is 12.0. The predicted molar refractivity (Wildman–Crippen MR) is 191 cm³/mol. The second kappa shape index (κ2) is 13.6. The summed E-state index contributed by atoms with van der Waals surface area (Å²) in [6, 6.07) is 22.1. The Morgan fingerprint density at radius 1 is 1.08 bits per heavy atom. The predicted octanol–water partition coefficient (Wildman–Crippen LogP) is 4.17. The Hall–Kier alpha value is -6.42. The summed E-state index contributed by atoms with van der Waals surface area (Å²) in [7, 11) is -2.82. The van der Waals surface area contributed by atoms with E-state index in [4.69, 9.17) is 19.2 Å². The van der Waals surface area contributed by atoms with E-state index in [1.807, 2.05) is 30.3 Å². The minimum Gasteiger partial charge on any atom is -0.497 e. The van der Waals surface area contributed by atoms with Crippen LogP contribution in [0, 0.1) is 10.1 Å². The number of fused-ring (bicyclic) bond motifs is 5. The summed E-state index contributed by atoms with van der Waals surface area (Å²) >= 11 is 0. The number of nitro benzene ring substituents is 1. The topological polar surface area (TPSA) is 198 Å². The lowest BCUT2D eigenvalue weighted by atomic mass is 9.85. The number of cyclic esters (lactones) is 1. The van der Waals surface area contributed by atoms with E-state index in [0.29, 0.717) is 22.7 Å². The van der Waals surface area contributed by atoms with Gasteiger partial charge in [0.15, 0.2) is 0 Å². The van der Waals surface area contributed by atoms with Crippen LogP contribution in [-0.4, -0.2) is 54.3 Å². The Morgan fingerprint density at radius 3 is 2.51 bits per heavy atom. The molecule has 15 nitrogen and oxygen atoms in total. The quantitative estimate of drug-likeness (QED) is 0.0696. The number of non-ortho nitro benzene ring substituents is 1. The standard InChI is InChI=1S/C37H31N5O10S/c1-3-37(29-18-31-34-24(17-23-6-4-5-7-30(23)39-34)20-41(31)35(44)28(29)21-51-36(37)45)52-33(43)19-38-32(16-22-8-12-26(50-2)13-9-22)40-53(48,49)27-14-10-25(11-15-27)42(46)47/h4-15,17-18H,3,16,19-21H2,1-2H3,(H,38,40)/t37-/m0/s1. The number of esters is 2. The summed E-state index contributed by atoms with van der Waals surface area (Å²) in [5.41, 5.74) is 0.859. The second-order valence-electron chi connectivity index (χ2n) is 12.4. The maximum atomic E-state index is 13.9. The van der Waals surface area contributed by atoms with Crippen LogP contribution in [-0.2, 0) is 54.3 Å². The highest BCUT2D eigenvalue weighted by Crippen LogP contribution is 2.41. The van der Waals surface area contributed by atoms with Crippen molar-refractivity contribution in [2.75, 3.05) is 13.7 Å². The van der Waals surface area contributed by atoms with Crippen molar-refractivity contribution >= 4 is 44.4 Å². The lowest BCUT2D eigenvalue weighted by molar-refractivity contribution is -0.384. The van der Waals surface area contributed by atoms with E-state index in [2.05, 4.69) is 9.71 Å². The lowest BCUT2D eigenvalue weighted by Gasteiger charge is -2.35. The molecule has 3 aromatic carbocycles. The monoisotopic (exact) mass is 737 g/mol. The summed E-state index contributed by atoms with van der Waals surface area (Å²) in [6.45, 7) is 0.847. The third kappa shape index (κ3) is 6.48. The molecule has 2 aromatic heterocycles. The molecule has 0 spiro atoms. The smallest absolute Gasteiger partial charge is 0.355 e. The van der Waals surface area contributed by atoms with Crippen molar-refractivity contribution in [3.8, 4) is 17.1 Å². The number of nitro groups is 1. The summed E-state index contributed by atoms with van der Waals surface area (Å²) in [4.78, 5) is 60.2. The van der Waals surface area contributed by atoms with Gasteiger partial charge in [0, 0.05) is 35.1 Å². The fourth-order valence-corrected chi connectivity index (χ4v) is 7.55. The molecule has 0 saturated heterocycles. The molecule has 5 aromatic rings. The normalized spacial score (nSPS) is 16.3. The number of amidine groups is 1. The maximum Gasteiger partial charge on any atom is 0.355 e. The molecule has 1 N–H and O–H groups in total. The van der Waals surface area contributed by atoms with Crippen molar-refractivity contribution in [2.24, 2.45) is 4.99 Å². The second-order valence-corrected chi connectivity index (χ2v) is 14.1. The fourth-order valence-electron chi connectivity index (χ4n) is 6.49. The third-order valence-electron chi connectivity index (χ3n) is 9.21. The number of sulfonamides is 1. The van der Waals surface area contributed by atoms with Crippen molar-refractivity contribution in [1.29, 1.82) is 0 Å². The van der Waals surface area contributed by atoms with Gasteiger partial charge in [-0.15, -0.1) is 0 Å². The van der Waals surface area contributed by atoms with Crippen molar-refractivity contribution in [3.05, 3.63) is 128 Å². The van der Waals surface area contributed by atoms with E-state index >= 15 is 0 Å². The fraction of sp³-hybridized carbons (Fsp3) is 0.216. The van der Waals surface area contributed by atoms with Gasteiger partial charge in [-0.1, -0.05) is 37.3 Å². The van der Waals surface area contributed by atoms with E-state index in [1.54, 1.807) is 41.8 Å². The van der Waals surface area contributed by atoms with Gasteiger partial charge in [0.05, 0.1) is 45.9 Å². The van der Waals surface area contributed by atoms with Crippen LogP contribution in [0.3, 0.4) is 0 Å². The number of hydrogen-bond acceptors (Lipinski definition) is 12. The first-order valence-electron chi connectivity index (χ1n) is 16.4. The Kier molecular flexibility index (Phi) is 8.99. The molecule has 2 aliphatic heterocycles. The van der Waals surface area contributed by atoms with E-state index in [-0.39, 0.29) is 53.5 Å². The molecule has 2 aliphatic rings. The molecule has 0 aliphatic carbocycles. The first-order valence-corrected chi connectivity index (χ1v) is 17.9. The minimum absolute atomic E-state index is 0.0827. The van der Waals surface area contributed by atoms with Crippen molar-refractivity contribution < 1.29 is 37.1 Å². The number of pyridine rings is 2. The summed E-state index contributed by atoms with van der Waals surface area (Å²) in [6.07, 6.45) is -0.169. The Labute approximate surface area is 302 Å². The average Bonchev–Trinajstić information content (AvgIpc) is 3.52. The number of ether oxygens (including phenoxy) is 3. The van der Waals surface area contributed by atoms with E-state index in [1.165, 1.54) is 7.11 Å². The summed E-state index contributed by atoms with van der Waals surface area (Å²) < 4.78 is 47.1. The number of aliphatic imine (C=N–C) groups is 1. The molecule has 270 valence electrons. The van der Waals surface area contributed by atoms with Gasteiger partial charge in [-0.05, 0) is 54.4 Å². The molecule has 4 heterocycles. The van der Waals surface area contributed by atoms with E-state index in [9.17, 15) is 32.9 Å². The van der Waals surface area contributed by atoms with Gasteiger partial charge in [-0.3, -0.25) is 24.6 Å². The number of nitrogens with one attached hydrogen (secondary N) is 1. The molecule has 53 heavy (non-hydrogen) atoms. The number of nitrogens with zero attached hydrogens (tertiary/aromatic N) is 4. The van der Waals surface area contributed by atoms with Crippen molar-refractivity contribution in [1.82, 2.24) is 14.3 Å². The molecule has 0 bridgehead atoms. The third-order valence-corrected chi connectivity index (χ3v) is 10.6. The minimum atomic E-state index is -4.32. The zero-order chi connectivity index (χ0) is 37.5. The molecule has 0 saturated carbocycles. The lowest BCUT2D eigenvalue weighted by Crippen LogP contribution is -2.48. The zero-order valence-corrected chi connectivity index (χ0v) is 29.2. The SMILES string of the molecule is CC[C@@]1(OC(=O)CN=C(Cc2ccc(OC)cc2)NS(=O)(=O)c2ccc([N+](=O)[O-])cc2)C(=O)OCc2c1cc1n(c2=O)Cc2cc3ccccc3nc2-1. The molecule has 0 fully saturated rings. The zero-order valence-electron chi connectivity index (χ0n) is 28.4. The highest BCUT2D eigenvalue weighted by atomic mass is 32.2. The number of para-hydroxylation sites is 1. The number of carbonyl (C=O) groups excluding carboxylic acids is 2. The van der Waals surface area contributed by atoms with Gasteiger partial charge in [0.1, 0.15) is 24.7 Å². The number of carbonyl (C=O) groups is 2. The highest BCUT2D eigenvalue weighted by molar-refractivity contribution is 7.90. The molecule has 0 amide bonds. The van der Waals surface area contributed by atoms with Crippen LogP contribution in [0.15, 0.2) is 99.6 Å². The van der Waals surface area contributed by atoms with E-state index < -0.39 is 44.6 Å². The molecule has 0 radical (unpaired) electrons. The van der Waals surface area contributed by atoms with Crippen LogP contribution in [0.2, 0.25) is 0 Å². The Balaban J connectivity index is 1.21. The van der Waals surface area contributed by atoms with Gasteiger partial charge in [-0.2, -0.15) is 0 Å². The van der Waals surface area contributed by atoms with E-state index in [0.717, 1.165) is 40.7 Å². The molecular weight excluding hydrogens is 706 g/mol. The highest BCUT2D eigenvalue weighted by Gasteiger charge is 2.50. The largest absolute Gasteiger partial charge is 0.497 e. The number of aromatic nitrogens is 2. The maximum absolute atomic E-state index is 13.9. The van der Waals surface area contributed by atoms with Crippen LogP contribution >= 0.6 is 0 Å². The Morgan fingerprint density at radius 2 is 1.81 bits per heavy atom. The number of hydrogen-bond donors (Lipinski definition) is 1. The average molecular weight is 738 g/mol. The molecule has 16 heteroatoms. The molecule has 0 unspecified atom stereocenters. The van der Waals surface area contributed by atoms with Crippen LogP contribution in [0.1, 0.15) is 35.6 Å². The van der Waals surface area contributed by atoms with Gasteiger partial charge in [-0.25, -0.2) is 23.0 Å². The molecule has 7 rings (SSSR count). The summed E-state index contributed by atoms with van der Waals surface area (Å²) in [5.74, 6) is -1.46. The van der Waals surface area contributed by atoms with Crippen molar-refractivity contribution in [2.45, 2.75) is 43.4 Å². The van der Waals surface area contributed by atoms with Crippen molar-refractivity contribution in [3.63, 3.8) is 0 Å². The molecular formula is C37H31N5O10S. The first-order chi connectivity index (χ1) is 25.4. The number of methoxy groups -OCH3 is 1. The molecule has 1 atom stereocenters. The van der Waals surface area contributed by atoms with Crippen LogP contribution in [0.25, 0.3) is 22.3 Å². The first kappa shape index (κ1) is 35.0. The Bertz CT molecular complexity index is 2520. The van der Waals surface area contributed by atoms with Gasteiger partial charge in [0.25, 0.3) is 21.3 Å². The van der Waals surface area contributed by atoms with Crippen LogP contribution in [0.4, 0.5) is 5.69 Å². The number of rotatable bonds is 10.